The number of aromatic nitrogens is 2. The zero-order valence-corrected chi connectivity index (χ0v) is 17.7. The number of amides is 1. The van der Waals surface area contributed by atoms with E-state index in [1.165, 1.54) is 6.42 Å². The summed E-state index contributed by atoms with van der Waals surface area (Å²) in [5.74, 6) is 0.0977. The molecule has 1 aromatic heterocycles. The van der Waals surface area contributed by atoms with Crippen molar-refractivity contribution >= 4 is 28.1 Å². The molecule has 1 saturated carbocycles. The van der Waals surface area contributed by atoms with Crippen LogP contribution in [0.2, 0.25) is 0 Å². The summed E-state index contributed by atoms with van der Waals surface area (Å²) in [5, 5.41) is 9.01. The third-order valence-corrected chi connectivity index (χ3v) is 5.76. The monoisotopic (exact) mass is 450 g/mol. The molecule has 0 spiro atoms. The summed E-state index contributed by atoms with van der Waals surface area (Å²) in [6, 6.07) is 18.0. The van der Waals surface area contributed by atoms with Gasteiger partial charge in [0, 0.05) is 27.7 Å². The Labute approximate surface area is 179 Å². The lowest BCUT2D eigenvalue weighted by atomic mass is 9.89. The molecule has 2 aromatic carbocycles. The number of para-hydroxylation sites is 1. The fourth-order valence-corrected chi connectivity index (χ4v) is 3.91. The SMILES string of the molecule is O=C(N/N=C\c1cn(-c2ccccc2)nc1-c1ccc(Br)cc1)C1CCCCC1. The van der Waals surface area contributed by atoms with Gasteiger partial charge in [-0.3, -0.25) is 4.79 Å². The largest absolute Gasteiger partial charge is 0.273 e. The average molecular weight is 451 g/mol. The Bertz CT molecular complexity index is 989. The first-order chi connectivity index (χ1) is 14.2. The van der Waals surface area contributed by atoms with Crippen molar-refractivity contribution in [2.24, 2.45) is 11.0 Å². The fourth-order valence-electron chi connectivity index (χ4n) is 3.65. The summed E-state index contributed by atoms with van der Waals surface area (Å²) < 4.78 is 2.85. The summed E-state index contributed by atoms with van der Waals surface area (Å²) in [6.07, 6.45) is 9.00. The van der Waals surface area contributed by atoms with E-state index in [1.807, 2.05) is 65.5 Å². The van der Waals surface area contributed by atoms with Crippen molar-refractivity contribution in [3.8, 4) is 16.9 Å². The number of nitrogens with zero attached hydrogens (tertiary/aromatic N) is 3. The van der Waals surface area contributed by atoms with Gasteiger partial charge in [-0.15, -0.1) is 0 Å². The van der Waals surface area contributed by atoms with E-state index in [-0.39, 0.29) is 11.8 Å². The lowest BCUT2D eigenvalue weighted by molar-refractivity contribution is -0.125. The van der Waals surface area contributed by atoms with Crippen molar-refractivity contribution in [2.75, 3.05) is 0 Å². The van der Waals surface area contributed by atoms with Gasteiger partial charge in [0.15, 0.2) is 0 Å². The number of carbonyl (C=O) groups excluding carboxylic acids is 1. The molecular weight excluding hydrogens is 428 g/mol. The van der Waals surface area contributed by atoms with Gasteiger partial charge in [0.25, 0.3) is 0 Å². The maximum absolute atomic E-state index is 12.4. The summed E-state index contributed by atoms with van der Waals surface area (Å²) >= 11 is 3.47. The van der Waals surface area contributed by atoms with E-state index in [2.05, 4.69) is 26.5 Å². The van der Waals surface area contributed by atoms with Gasteiger partial charge in [-0.25, -0.2) is 10.1 Å². The van der Waals surface area contributed by atoms with Crippen LogP contribution in [-0.2, 0) is 4.79 Å². The Morgan fingerprint density at radius 2 is 1.79 bits per heavy atom. The number of hydrogen-bond donors (Lipinski definition) is 1. The molecule has 5 nitrogen and oxygen atoms in total. The molecule has 1 heterocycles. The summed E-state index contributed by atoms with van der Waals surface area (Å²) in [5.41, 5.74) is 6.35. The van der Waals surface area contributed by atoms with Crippen molar-refractivity contribution in [1.29, 1.82) is 0 Å². The van der Waals surface area contributed by atoms with Gasteiger partial charge in [-0.1, -0.05) is 65.5 Å². The number of hydrazone groups is 1. The first kappa shape index (κ1) is 19.6. The Morgan fingerprint density at radius 1 is 1.07 bits per heavy atom. The number of benzene rings is 2. The molecule has 0 atom stereocenters. The number of nitrogens with one attached hydrogen (secondary N) is 1. The number of halogens is 1. The Hall–Kier alpha value is -2.73. The minimum Gasteiger partial charge on any atom is -0.273 e. The highest BCUT2D eigenvalue weighted by molar-refractivity contribution is 9.10. The topological polar surface area (TPSA) is 59.3 Å². The van der Waals surface area contributed by atoms with Gasteiger partial charge in [-0.05, 0) is 37.1 Å². The fraction of sp³-hybridized carbons (Fsp3) is 0.261. The van der Waals surface area contributed by atoms with Crippen molar-refractivity contribution in [1.82, 2.24) is 15.2 Å². The molecular formula is C23H23BrN4O. The highest BCUT2D eigenvalue weighted by Gasteiger charge is 2.20. The standard InChI is InChI=1S/C23H23BrN4O/c24-20-13-11-17(12-14-20)22-19(16-28(27-22)21-9-5-2-6-10-21)15-25-26-23(29)18-7-3-1-4-8-18/h2,5-6,9-16,18H,1,3-4,7-8H2,(H,26,29)/b25-15-. The molecule has 0 aliphatic heterocycles. The number of carbonyl (C=O) groups is 1. The molecule has 1 fully saturated rings. The normalized spacial score (nSPS) is 14.9. The van der Waals surface area contributed by atoms with Gasteiger partial charge in [0.2, 0.25) is 5.91 Å². The summed E-state index contributed by atoms with van der Waals surface area (Å²) in [7, 11) is 0. The second-order valence-corrected chi connectivity index (χ2v) is 8.20. The minimum absolute atomic E-state index is 0.0154. The predicted molar refractivity (Wildman–Crippen MR) is 119 cm³/mol. The Balaban J connectivity index is 1.59. The van der Waals surface area contributed by atoms with E-state index < -0.39 is 0 Å². The van der Waals surface area contributed by atoms with Crippen LogP contribution in [0.15, 0.2) is 70.4 Å². The van der Waals surface area contributed by atoms with Gasteiger partial charge in [-0.2, -0.15) is 10.2 Å². The van der Waals surface area contributed by atoms with Crippen LogP contribution in [-0.4, -0.2) is 21.9 Å². The molecule has 4 rings (SSSR count). The van der Waals surface area contributed by atoms with Crippen LogP contribution in [0.5, 0.6) is 0 Å². The van der Waals surface area contributed by atoms with Gasteiger partial charge >= 0.3 is 0 Å². The first-order valence-corrected chi connectivity index (χ1v) is 10.7. The zero-order chi connectivity index (χ0) is 20.1. The van der Waals surface area contributed by atoms with Crippen LogP contribution in [0.3, 0.4) is 0 Å². The molecule has 0 radical (unpaired) electrons. The van der Waals surface area contributed by atoms with Crippen molar-refractivity contribution in [3.63, 3.8) is 0 Å². The van der Waals surface area contributed by atoms with E-state index in [0.717, 1.165) is 52.7 Å². The molecule has 0 unspecified atom stereocenters. The van der Waals surface area contributed by atoms with Crippen LogP contribution >= 0.6 is 15.9 Å². The van der Waals surface area contributed by atoms with Crippen LogP contribution in [0.25, 0.3) is 16.9 Å². The summed E-state index contributed by atoms with van der Waals surface area (Å²) in [6.45, 7) is 0. The molecule has 29 heavy (non-hydrogen) atoms. The lowest BCUT2D eigenvalue weighted by Crippen LogP contribution is -2.28. The highest BCUT2D eigenvalue weighted by Crippen LogP contribution is 2.25. The molecule has 1 amide bonds. The molecule has 148 valence electrons. The van der Waals surface area contributed by atoms with Crippen LogP contribution in [0, 0.1) is 5.92 Å². The van der Waals surface area contributed by atoms with E-state index in [9.17, 15) is 4.79 Å². The maximum atomic E-state index is 12.4. The van der Waals surface area contributed by atoms with Crippen molar-refractivity contribution in [3.05, 3.63) is 70.8 Å². The van der Waals surface area contributed by atoms with E-state index in [4.69, 9.17) is 5.10 Å². The first-order valence-electron chi connectivity index (χ1n) is 9.94. The van der Waals surface area contributed by atoms with Gasteiger partial charge < -0.3 is 0 Å². The molecule has 1 aliphatic rings. The average Bonchev–Trinajstić information content (AvgIpc) is 3.19. The number of hydrogen-bond acceptors (Lipinski definition) is 3. The van der Waals surface area contributed by atoms with Gasteiger partial charge in [0.05, 0.1) is 11.9 Å². The molecule has 1 N–H and O–H groups in total. The molecule has 0 bridgehead atoms. The van der Waals surface area contributed by atoms with E-state index >= 15 is 0 Å². The zero-order valence-electron chi connectivity index (χ0n) is 16.1. The second kappa shape index (κ2) is 9.18. The van der Waals surface area contributed by atoms with Crippen LogP contribution in [0.1, 0.15) is 37.7 Å². The maximum Gasteiger partial charge on any atom is 0.243 e. The molecule has 1 aliphatic carbocycles. The van der Waals surface area contributed by atoms with Crippen molar-refractivity contribution < 1.29 is 4.79 Å². The van der Waals surface area contributed by atoms with Crippen molar-refractivity contribution in [2.45, 2.75) is 32.1 Å². The molecule has 0 saturated heterocycles. The smallest absolute Gasteiger partial charge is 0.243 e. The van der Waals surface area contributed by atoms with Crippen LogP contribution < -0.4 is 5.43 Å². The van der Waals surface area contributed by atoms with Crippen LogP contribution in [0.4, 0.5) is 0 Å². The lowest BCUT2D eigenvalue weighted by Gasteiger charge is -2.19. The van der Waals surface area contributed by atoms with Gasteiger partial charge in [0.1, 0.15) is 5.69 Å². The highest BCUT2D eigenvalue weighted by atomic mass is 79.9. The van der Waals surface area contributed by atoms with E-state index in [0.29, 0.717) is 0 Å². The second-order valence-electron chi connectivity index (χ2n) is 7.29. The Kier molecular flexibility index (Phi) is 6.20. The molecule has 6 heteroatoms. The third-order valence-electron chi connectivity index (χ3n) is 5.24. The minimum atomic E-state index is 0.0154. The quantitative estimate of drug-likeness (QED) is 0.421. The third kappa shape index (κ3) is 4.82. The molecule has 3 aromatic rings. The number of rotatable bonds is 5. The summed E-state index contributed by atoms with van der Waals surface area (Å²) in [4.78, 5) is 12.4. The van der Waals surface area contributed by atoms with E-state index in [1.54, 1.807) is 6.21 Å². The predicted octanol–water partition coefficient (Wildman–Crippen LogP) is 5.33. The Morgan fingerprint density at radius 3 is 2.52 bits per heavy atom.